The molecule has 4 heteroatoms. The molecule has 0 aliphatic heterocycles. The topological polar surface area (TPSA) is 47.6 Å². The molecule has 0 fully saturated rings. The molecule has 2 rings (SSSR count). The van der Waals surface area contributed by atoms with Gasteiger partial charge in [-0.3, -0.25) is 0 Å². The fourth-order valence-electron chi connectivity index (χ4n) is 1.92. The quantitative estimate of drug-likeness (QED) is 0.795. The number of esters is 1. The Morgan fingerprint density at radius 1 is 1.05 bits per heavy atom. The smallest absolute Gasteiger partial charge is 0.330 e. The summed E-state index contributed by atoms with van der Waals surface area (Å²) in [5, 5.41) is 3.12. The van der Waals surface area contributed by atoms with Crippen LogP contribution in [0.15, 0.2) is 60.7 Å². The van der Waals surface area contributed by atoms with E-state index < -0.39 is 6.04 Å². The summed E-state index contributed by atoms with van der Waals surface area (Å²) >= 11 is 0. The van der Waals surface area contributed by atoms with Crippen molar-refractivity contribution in [3.05, 3.63) is 66.2 Å². The Morgan fingerprint density at radius 2 is 1.67 bits per heavy atom. The van der Waals surface area contributed by atoms with Gasteiger partial charge in [-0.25, -0.2) is 4.79 Å². The number of para-hydroxylation sites is 1. The van der Waals surface area contributed by atoms with Crippen molar-refractivity contribution in [1.82, 2.24) is 0 Å². The van der Waals surface area contributed by atoms with Crippen molar-refractivity contribution in [1.29, 1.82) is 0 Å². The second-order valence-corrected chi connectivity index (χ2v) is 4.59. The van der Waals surface area contributed by atoms with Crippen molar-refractivity contribution in [3.8, 4) is 0 Å². The van der Waals surface area contributed by atoms with Crippen LogP contribution in [-0.4, -0.2) is 25.7 Å². The van der Waals surface area contributed by atoms with Gasteiger partial charge in [0.25, 0.3) is 0 Å². The molecule has 0 bridgehead atoms. The minimum absolute atomic E-state index is 0.246. The molecule has 21 heavy (non-hydrogen) atoms. The van der Waals surface area contributed by atoms with Crippen molar-refractivity contribution in [3.63, 3.8) is 0 Å². The molecule has 2 aromatic rings. The minimum Gasteiger partial charge on any atom is -0.467 e. The Balaban J connectivity index is 1.89. The average molecular weight is 285 g/mol. The second kappa shape index (κ2) is 8.07. The standard InChI is InChI=1S/C17H19NO3/c1-20-17(19)16(18-15-10-6-3-7-11-15)13-21-12-14-8-4-2-5-9-14/h2-11,16,18H,12-13H2,1H3/t16-/m1/s1. The maximum atomic E-state index is 11.8. The summed E-state index contributed by atoms with van der Waals surface area (Å²) in [6, 6.07) is 18.8. The van der Waals surface area contributed by atoms with Crippen LogP contribution in [0.5, 0.6) is 0 Å². The van der Waals surface area contributed by atoms with E-state index in [2.05, 4.69) is 5.32 Å². The predicted molar refractivity (Wildman–Crippen MR) is 82.0 cm³/mol. The maximum Gasteiger partial charge on any atom is 0.330 e. The van der Waals surface area contributed by atoms with E-state index in [1.165, 1.54) is 7.11 Å². The van der Waals surface area contributed by atoms with Crippen LogP contribution < -0.4 is 5.32 Å². The number of hydrogen-bond acceptors (Lipinski definition) is 4. The van der Waals surface area contributed by atoms with Crippen molar-refractivity contribution in [2.75, 3.05) is 19.0 Å². The summed E-state index contributed by atoms with van der Waals surface area (Å²) in [6.45, 7) is 0.710. The van der Waals surface area contributed by atoms with Gasteiger partial charge in [0, 0.05) is 5.69 Å². The minimum atomic E-state index is -0.527. The molecule has 0 heterocycles. The number of benzene rings is 2. The number of hydrogen-bond donors (Lipinski definition) is 1. The second-order valence-electron chi connectivity index (χ2n) is 4.59. The monoisotopic (exact) mass is 285 g/mol. The molecule has 0 aliphatic carbocycles. The van der Waals surface area contributed by atoms with Crippen LogP contribution in [0.4, 0.5) is 5.69 Å². The van der Waals surface area contributed by atoms with Crippen molar-refractivity contribution >= 4 is 11.7 Å². The van der Waals surface area contributed by atoms with Gasteiger partial charge in [-0.05, 0) is 17.7 Å². The van der Waals surface area contributed by atoms with Crippen LogP contribution in [0.3, 0.4) is 0 Å². The molecule has 1 atom stereocenters. The van der Waals surface area contributed by atoms with E-state index in [0.717, 1.165) is 11.3 Å². The lowest BCUT2D eigenvalue weighted by molar-refractivity contribution is -0.143. The third-order valence-electron chi connectivity index (χ3n) is 3.00. The molecule has 0 aromatic heterocycles. The highest BCUT2D eigenvalue weighted by molar-refractivity contribution is 5.79. The molecular formula is C17H19NO3. The van der Waals surface area contributed by atoms with Crippen LogP contribution >= 0.6 is 0 Å². The Bertz CT molecular complexity index is 542. The van der Waals surface area contributed by atoms with Crippen LogP contribution in [0, 0.1) is 0 Å². The van der Waals surface area contributed by atoms with Gasteiger partial charge in [0.05, 0.1) is 20.3 Å². The normalized spacial score (nSPS) is 11.7. The van der Waals surface area contributed by atoms with Crippen molar-refractivity contribution in [2.45, 2.75) is 12.6 Å². The van der Waals surface area contributed by atoms with E-state index in [1.807, 2.05) is 60.7 Å². The molecule has 0 saturated carbocycles. The molecule has 110 valence electrons. The van der Waals surface area contributed by atoms with E-state index in [0.29, 0.717) is 6.61 Å². The number of carbonyl (C=O) groups excluding carboxylic acids is 1. The first-order chi connectivity index (χ1) is 10.3. The lowest BCUT2D eigenvalue weighted by Gasteiger charge is -2.17. The Morgan fingerprint density at radius 3 is 2.29 bits per heavy atom. The Hall–Kier alpha value is -2.33. The number of ether oxygens (including phenoxy) is 2. The number of carbonyl (C=O) groups is 1. The fraction of sp³-hybridized carbons (Fsp3) is 0.235. The summed E-state index contributed by atoms with van der Waals surface area (Å²) < 4.78 is 10.4. The zero-order valence-electron chi connectivity index (χ0n) is 12.0. The number of rotatable bonds is 7. The number of anilines is 1. The zero-order chi connectivity index (χ0) is 14.9. The van der Waals surface area contributed by atoms with Crippen LogP contribution in [-0.2, 0) is 20.9 Å². The summed E-state index contributed by atoms with van der Waals surface area (Å²) in [5.74, 6) is -0.341. The SMILES string of the molecule is COC(=O)[C@@H](COCc1ccccc1)Nc1ccccc1. The van der Waals surface area contributed by atoms with Gasteiger partial charge < -0.3 is 14.8 Å². The third-order valence-corrected chi connectivity index (χ3v) is 3.00. The summed E-state index contributed by atoms with van der Waals surface area (Å²) in [4.78, 5) is 11.8. The summed E-state index contributed by atoms with van der Waals surface area (Å²) in [5.41, 5.74) is 1.93. The molecule has 0 amide bonds. The van der Waals surface area contributed by atoms with Gasteiger partial charge >= 0.3 is 5.97 Å². The van der Waals surface area contributed by atoms with Gasteiger partial charge in [0.15, 0.2) is 0 Å². The van der Waals surface area contributed by atoms with Gasteiger partial charge in [0.1, 0.15) is 6.04 Å². The van der Waals surface area contributed by atoms with Crippen LogP contribution in [0.25, 0.3) is 0 Å². The first kappa shape index (κ1) is 15.1. The lowest BCUT2D eigenvalue weighted by Crippen LogP contribution is -2.35. The van der Waals surface area contributed by atoms with Gasteiger partial charge in [0.2, 0.25) is 0 Å². The maximum absolute atomic E-state index is 11.8. The first-order valence-electron chi connectivity index (χ1n) is 6.80. The Labute approximate surface area is 124 Å². The van der Waals surface area contributed by atoms with Gasteiger partial charge in [-0.1, -0.05) is 48.5 Å². The van der Waals surface area contributed by atoms with E-state index in [9.17, 15) is 4.79 Å². The highest BCUT2D eigenvalue weighted by atomic mass is 16.5. The van der Waals surface area contributed by atoms with E-state index in [4.69, 9.17) is 9.47 Å². The molecule has 2 aromatic carbocycles. The number of nitrogens with one attached hydrogen (secondary N) is 1. The van der Waals surface area contributed by atoms with Crippen LogP contribution in [0.1, 0.15) is 5.56 Å². The van der Waals surface area contributed by atoms with Crippen molar-refractivity contribution in [2.24, 2.45) is 0 Å². The van der Waals surface area contributed by atoms with Gasteiger partial charge in [-0.15, -0.1) is 0 Å². The highest BCUT2D eigenvalue weighted by Crippen LogP contribution is 2.09. The fourth-order valence-corrected chi connectivity index (χ4v) is 1.92. The molecular weight excluding hydrogens is 266 g/mol. The molecule has 0 unspecified atom stereocenters. The summed E-state index contributed by atoms with van der Waals surface area (Å²) in [7, 11) is 1.37. The molecule has 0 aliphatic rings. The largest absolute Gasteiger partial charge is 0.467 e. The Kier molecular flexibility index (Phi) is 5.79. The molecule has 1 N–H and O–H groups in total. The molecule has 4 nitrogen and oxygen atoms in total. The third kappa shape index (κ3) is 4.93. The summed E-state index contributed by atoms with van der Waals surface area (Å²) in [6.07, 6.45) is 0. The zero-order valence-corrected chi connectivity index (χ0v) is 12.0. The highest BCUT2D eigenvalue weighted by Gasteiger charge is 2.19. The first-order valence-corrected chi connectivity index (χ1v) is 6.80. The molecule has 0 saturated heterocycles. The average Bonchev–Trinajstić information content (AvgIpc) is 2.55. The van der Waals surface area contributed by atoms with Gasteiger partial charge in [-0.2, -0.15) is 0 Å². The molecule has 0 radical (unpaired) electrons. The predicted octanol–water partition coefficient (Wildman–Crippen LogP) is 2.86. The van der Waals surface area contributed by atoms with E-state index >= 15 is 0 Å². The molecule has 0 spiro atoms. The van der Waals surface area contributed by atoms with E-state index in [1.54, 1.807) is 0 Å². The number of methoxy groups -OCH3 is 1. The van der Waals surface area contributed by atoms with Crippen molar-refractivity contribution < 1.29 is 14.3 Å². The van der Waals surface area contributed by atoms with E-state index in [-0.39, 0.29) is 12.6 Å². The lowest BCUT2D eigenvalue weighted by atomic mass is 10.2. The van der Waals surface area contributed by atoms with Crippen LogP contribution in [0.2, 0.25) is 0 Å².